The number of methoxy groups -OCH3 is 1. The van der Waals surface area contributed by atoms with E-state index in [0.717, 1.165) is 30.2 Å². The van der Waals surface area contributed by atoms with Crippen LogP contribution in [-0.2, 0) is 24.5 Å². The largest absolute Gasteiger partial charge is 0.480 e. The number of rotatable bonds is 6. The van der Waals surface area contributed by atoms with Crippen molar-refractivity contribution in [3.8, 4) is 28.3 Å². The molecule has 0 bridgehead atoms. The van der Waals surface area contributed by atoms with Crippen LogP contribution >= 0.6 is 23.2 Å². The van der Waals surface area contributed by atoms with Crippen molar-refractivity contribution in [3.63, 3.8) is 0 Å². The number of halogens is 5. The molecule has 1 unspecified atom stereocenters. The third kappa shape index (κ3) is 7.53. The highest BCUT2D eigenvalue weighted by Gasteiger charge is 2.34. The lowest BCUT2D eigenvalue weighted by molar-refractivity contribution is -0.141. The van der Waals surface area contributed by atoms with Gasteiger partial charge in [-0.1, -0.05) is 53.5 Å². The Morgan fingerprint density at radius 2 is 1.81 bits per heavy atom. The predicted octanol–water partition coefficient (Wildman–Crippen LogP) is 6.15. The minimum atomic E-state index is -4.76. The molecule has 1 aliphatic heterocycles. The fourth-order valence-corrected chi connectivity index (χ4v) is 5.55. The van der Waals surface area contributed by atoms with Gasteiger partial charge in [-0.15, -0.1) is 0 Å². The number of aliphatic hydroxyl groups is 1. The van der Waals surface area contributed by atoms with Crippen molar-refractivity contribution in [1.29, 1.82) is 0 Å². The molecular weight excluding hydrogens is 674 g/mol. The Hall–Kier alpha value is -4.34. The molecule has 4 heterocycles. The molecule has 4 N–H and O–H groups in total. The molecule has 0 spiro atoms. The van der Waals surface area contributed by atoms with Crippen molar-refractivity contribution >= 4 is 45.5 Å². The second-order valence-electron chi connectivity index (χ2n) is 10.6. The Kier molecular flexibility index (Phi) is 10.8. The molecule has 0 radical (unpaired) electrons. The second kappa shape index (κ2) is 14.8. The van der Waals surface area contributed by atoms with Gasteiger partial charge in [0.1, 0.15) is 17.2 Å². The van der Waals surface area contributed by atoms with Crippen LogP contribution in [0.1, 0.15) is 24.2 Å². The number of nitrogens with zero attached hydrogens (tertiary/aromatic N) is 5. The van der Waals surface area contributed by atoms with Gasteiger partial charge in [-0.05, 0) is 25.0 Å². The van der Waals surface area contributed by atoms with E-state index in [4.69, 9.17) is 43.5 Å². The number of benzene rings is 2. The van der Waals surface area contributed by atoms with Crippen molar-refractivity contribution in [1.82, 2.24) is 24.7 Å². The number of ether oxygens (including phenoxy) is 2. The van der Waals surface area contributed by atoms with Gasteiger partial charge in [-0.25, -0.2) is 14.6 Å². The van der Waals surface area contributed by atoms with Gasteiger partial charge in [0.2, 0.25) is 5.88 Å². The molecule has 11 nitrogen and oxygen atoms in total. The van der Waals surface area contributed by atoms with Crippen LogP contribution < -0.4 is 21.3 Å². The Labute approximate surface area is 282 Å². The van der Waals surface area contributed by atoms with Crippen molar-refractivity contribution in [2.24, 2.45) is 12.8 Å². The molecule has 16 heteroatoms. The Morgan fingerprint density at radius 1 is 1.10 bits per heavy atom. The molecule has 6 rings (SSSR count). The summed E-state index contributed by atoms with van der Waals surface area (Å²) in [5, 5.41) is 15.8. The Bertz CT molecular complexity index is 2000. The molecule has 3 aromatic heterocycles. The Morgan fingerprint density at radius 3 is 2.44 bits per heavy atom. The summed E-state index contributed by atoms with van der Waals surface area (Å²) >= 11 is 13.6. The van der Waals surface area contributed by atoms with Gasteiger partial charge in [0.05, 0.1) is 59.0 Å². The topological polar surface area (TPSA) is 150 Å². The van der Waals surface area contributed by atoms with Gasteiger partial charge in [0.25, 0.3) is 5.56 Å². The monoisotopic (exact) mass is 703 g/mol. The third-order valence-corrected chi connectivity index (χ3v) is 8.18. The molecule has 2 aromatic carbocycles. The molecular formula is C32H30Cl2F3N7O4. The minimum Gasteiger partial charge on any atom is -0.480 e. The number of anilines is 2. The number of hydrogen-bond donors (Lipinski definition) is 3. The predicted molar refractivity (Wildman–Crippen MR) is 176 cm³/mol. The summed E-state index contributed by atoms with van der Waals surface area (Å²) < 4.78 is 52.1. The summed E-state index contributed by atoms with van der Waals surface area (Å²) in [7, 11) is 2.84. The van der Waals surface area contributed by atoms with E-state index in [-0.39, 0.29) is 45.8 Å². The van der Waals surface area contributed by atoms with Crippen LogP contribution in [0.3, 0.4) is 0 Å². The van der Waals surface area contributed by atoms with Crippen molar-refractivity contribution in [2.45, 2.75) is 31.7 Å². The fraction of sp³-hybridized carbons (Fsp3) is 0.281. The summed E-state index contributed by atoms with van der Waals surface area (Å²) in [6.45, 7) is 1.51. The standard InChI is InChI=1S/C27H20Cl2F3N7O2.C5H10O2/c1-39-26(40)21-13(11-35-39)9-20(27(30,31)32)38-24(21)36-17-8-4-6-15(23(17)29)14-5-3-7-16(22(14)28)19-12-34-18(10-33)25(37-19)41-2;6-5-2-1-3-7-4-5/h3-9,11-12H,10,33H2,1-2H3,(H,36,38);5-6H,1-4H2. The molecule has 0 amide bonds. The Balaban J connectivity index is 0.000000572. The summed E-state index contributed by atoms with van der Waals surface area (Å²) in [4.78, 5) is 25.3. The molecule has 48 heavy (non-hydrogen) atoms. The second-order valence-corrected chi connectivity index (χ2v) is 11.4. The first kappa shape index (κ1) is 35.0. The lowest BCUT2D eigenvalue weighted by Crippen LogP contribution is -2.21. The van der Waals surface area contributed by atoms with Gasteiger partial charge < -0.3 is 25.6 Å². The van der Waals surface area contributed by atoms with Gasteiger partial charge >= 0.3 is 6.18 Å². The normalized spacial score (nSPS) is 14.7. The van der Waals surface area contributed by atoms with Crippen LogP contribution in [0.25, 0.3) is 33.2 Å². The van der Waals surface area contributed by atoms with Gasteiger partial charge in [-0.3, -0.25) is 9.78 Å². The van der Waals surface area contributed by atoms with E-state index < -0.39 is 17.4 Å². The number of fused-ring (bicyclic) bond motifs is 1. The van der Waals surface area contributed by atoms with Crippen LogP contribution in [0.2, 0.25) is 10.0 Å². The smallest absolute Gasteiger partial charge is 0.433 e. The molecule has 1 atom stereocenters. The molecule has 0 aliphatic carbocycles. The van der Waals surface area contributed by atoms with Crippen LogP contribution in [0.5, 0.6) is 5.88 Å². The number of pyridine rings is 1. The number of aliphatic hydroxyl groups excluding tert-OH is 1. The van der Waals surface area contributed by atoms with Crippen molar-refractivity contribution in [2.75, 3.05) is 25.6 Å². The van der Waals surface area contributed by atoms with Crippen LogP contribution in [0.15, 0.2) is 59.7 Å². The van der Waals surface area contributed by atoms with Crippen molar-refractivity contribution in [3.05, 3.63) is 86.6 Å². The zero-order valence-electron chi connectivity index (χ0n) is 25.7. The first-order valence-corrected chi connectivity index (χ1v) is 15.3. The summed E-state index contributed by atoms with van der Waals surface area (Å²) in [6.07, 6.45) is -0.330. The van der Waals surface area contributed by atoms with Crippen LogP contribution in [-0.4, -0.2) is 56.3 Å². The molecule has 252 valence electrons. The lowest BCUT2D eigenvalue weighted by Gasteiger charge is -2.16. The highest BCUT2D eigenvalue weighted by Crippen LogP contribution is 2.42. The average molecular weight is 705 g/mol. The van der Waals surface area contributed by atoms with E-state index in [9.17, 15) is 18.0 Å². The third-order valence-electron chi connectivity index (χ3n) is 7.37. The van der Waals surface area contributed by atoms with Gasteiger partial charge in [0.15, 0.2) is 0 Å². The van der Waals surface area contributed by atoms with E-state index in [1.807, 2.05) is 0 Å². The number of nitrogens with one attached hydrogen (secondary N) is 1. The fourth-order valence-electron chi connectivity index (χ4n) is 4.95. The maximum Gasteiger partial charge on any atom is 0.433 e. The lowest BCUT2D eigenvalue weighted by atomic mass is 10.0. The maximum atomic E-state index is 13.6. The zero-order chi connectivity index (χ0) is 34.6. The molecule has 1 aliphatic rings. The summed E-state index contributed by atoms with van der Waals surface area (Å²) in [6, 6.07) is 10.9. The average Bonchev–Trinajstić information content (AvgIpc) is 3.07. The highest BCUT2D eigenvalue weighted by molar-refractivity contribution is 6.39. The summed E-state index contributed by atoms with van der Waals surface area (Å²) in [5.41, 5.74) is 6.50. The zero-order valence-corrected chi connectivity index (χ0v) is 27.2. The molecule has 1 fully saturated rings. The number of aromatic nitrogens is 5. The van der Waals surface area contributed by atoms with Crippen molar-refractivity contribution < 1.29 is 27.8 Å². The number of aryl methyl sites for hydroxylation is 1. The van der Waals surface area contributed by atoms with E-state index in [2.05, 4.69) is 25.4 Å². The minimum absolute atomic E-state index is 0.0295. The van der Waals surface area contributed by atoms with E-state index >= 15 is 0 Å². The number of nitrogens with two attached hydrogens (primary N) is 1. The van der Waals surface area contributed by atoms with Crippen LogP contribution in [0, 0.1) is 0 Å². The van der Waals surface area contributed by atoms with E-state index in [1.165, 1.54) is 26.6 Å². The van der Waals surface area contributed by atoms with Gasteiger partial charge in [-0.2, -0.15) is 18.3 Å². The quantitative estimate of drug-likeness (QED) is 0.188. The van der Waals surface area contributed by atoms with Gasteiger partial charge in [0, 0.05) is 42.3 Å². The first-order valence-electron chi connectivity index (χ1n) is 14.6. The van der Waals surface area contributed by atoms with E-state index in [0.29, 0.717) is 39.7 Å². The molecule has 5 aromatic rings. The number of alkyl halides is 3. The first-order chi connectivity index (χ1) is 22.9. The molecule has 1 saturated heterocycles. The highest BCUT2D eigenvalue weighted by atomic mass is 35.5. The maximum absolute atomic E-state index is 13.6. The van der Waals surface area contributed by atoms with Crippen LogP contribution in [0.4, 0.5) is 24.7 Å². The van der Waals surface area contributed by atoms with E-state index in [1.54, 1.807) is 36.4 Å². The number of hydrogen-bond acceptors (Lipinski definition) is 10. The summed E-state index contributed by atoms with van der Waals surface area (Å²) in [5.74, 6) is -0.0584. The molecule has 0 saturated carbocycles. The SMILES string of the molecule is COc1nc(-c2cccc(-c3cccc(Nc4nc(C(F)(F)F)cc5cnn(C)c(=O)c45)c3Cl)c2Cl)cnc1CN.OC1CCCOC1.